The Labute approximate surface area is 127 Å². The lowest BCUT2D eigenvalue weighted by Crippen LogP contribution is -2.18. The first-order valence-corrected chi connectivity index (χ1v) is 8.50. The average Bonchev–Trinajstić information content (AvgIpc) is 2.93. The largest absolute Gasteiger partial charge is 0.305 e. The van der Waals surface area contributed by atoms with Gasteiger partial charge in [0.2, 0.25) is 0 Å². The molecule has 0 spiro atoms. The zero-order valence-electron chi connectivity index (χ0n) is 12.8. The molecule has 20 heavy (non-hydrogen) atoms. The first kappa shape index (κ1) is 15.3. The second kappa shape index (κ2) is 7.61. The zero-order valence-corrected chi connectivity index (χ0v) is 13.6. The Morgan fingerprint density at radius 1 is 1.10 bits per heavy atom. The Kier molecular flexibility index (Phi) is 5.81. The van der Waals surface area contributed by atoms with Crippen LogP contribution in [0.4, 0.5) is 0 Å². The third-order valence-corrected chi connectivity index (χ3v) is 4.77. The van der Waals surface area contributed by atoms with Crippen molar-refractivity contribution in [2.75, 3.05) is 0 Å². The SMILES string of the molecule is CCCc1ccc(C(C)NCc2sccc2CC)cc1. The van der Waals surface area contributed by atoms with E-state index in [2.05, 4.69) is 61.8 Å². The fourth-order valence-corrected chi connectivity index (χ4v) is 3.39. The molecule has 1 atom stereocenters. The van der Waals surface area contributed by atoms with E-state index in [1.165, 1.54) is 34.4 Å². The molecule has 0 aliphatic heterocycles. The van der Waals surface area contributed by atoms with E-state index in [1.807, 2.05) is 11.3 Å². The minimum Gasteiger partial charge on any atom is -0.305 e. The molecule has 0 amide bonds. The molecule has 0 fully saturated rings. The second-order valence-corrected chi connectivity index (χ2v) is 6.32. The van der Waals surface area contributed by atoms with Crippen LogP contribution in [0.1, 0.15) is 54.8 Å². The molecule has 0 aliphatic carbocycles. The summed E-state index contributed by atoms with van der Waals surface area (Å²) in [6.45, 7) is 7.67. The Balaban J connectivity index is 1.92. The second-order valence-electron chi connectivity index (χ2n) is 5.32. The molecule has 2 rings (SSSR count). The molecule has 1 nitrogen and oxygen atoms in total. The summed E-state index contributed by atoms with van der Waals surface area (Å²) in [6.07, 6.45) is 3.52. The summed E-state index contributed by atoms with van der Waals surface area (Å²) >= 11 is 1.86. The Bertz CT molecular complexity index is 512. The van der Waals surface area contributed by atoms with Crippen LogP contribution in [0.15, 0.2) is 35.7 Å². The molecular formula is C18H25NS. The lowest BCUT2D eigenvalue weighted by molar-refractivity contribution is 0.577. The molecule has 108 valence electrons. The summed E-state index contributed by atoms with van der Waals surface area (Å²) in [5, 5.41) is 5.83. The third-order valence-electron chi connectivity index (χ3n) is 3.81. The topological polar surface area (TPSA) is 12.0 Å². The maximum atomic E-state index is 3.64. The van der Waals surface area contributed by atoms with Crippen molar-refractivity contribution in [3.8, 4) is 0 Å². The van der Waals surface area contributed by atoms with Gasteiger partial charge in [0.1, 0.15) is 0 Å². The molecule has 1 N–H and O–H groups in total. The van der Waals surface area contributed by atoms with Gasteiger partial charge in [-0.2, -0.15) is 0 Å². The monoisotopic (exact) mass is 287 g/mol. The molecule has 0 saturated heterocycles. The van der Waals surface area contributed by atoms with Crippen LogP contribution >= 0.6 is 11.3 Å². The number of benzene rings is 1. The smallest absolute Gasteiger partial charge is 0.0308 e. The van der Waals surface area contributed by atoms with Crippen molar-refractivity contribution < 1.29 is 0 Å². The summed E-state index contributed by atoms with van der Waals surface area (Å²) < 4.78 is 0. The molecule has 1 heterocycles. The molecule has 0 bridgehead atoms. The van der Waals surface area contributed by atoms with Crippen molar-refractivity contribution >= 4 is 11.3 Å². The molecule has 0 aliphatic rings. The number of rotatable bonds is 7. The maximum Gasteiger partial charge on any atom is 0.0308 e. The van der Waals surface area contributed by atoms with E-state index in [0.717, 1.165) is 13.0 Å². The van der Waals surface area contributed by atoms with Crippen LogP contribution < -0.4 is 5.32 Å². The summed E-state index contributed by atoms with van der Waals surface area (Å²) in [6, 6.07) is 11.7. The Morgan fingerprint density at radius 3 is 2.50 bits per heavy atom. The summed E-state index contributed by atoms with van der Waals surface area (Å²) in [5.74, 6) is 0. The molecule has 0 radical (unpaired) electrons. The fraction of sp³-hybridized carbons (Fsp3) is 0.444. The number of aryl methyl sites for hydroxylation is 2. The van der Waals surface area contributed by atoms with Gasteiger partial charge >= 0.3 is 0 Å². The van der Waals surface area contributed by atoms with Crippen LogP contribution in [0.25, 0.3) is 0 Å². The summed E-state index contributed by atoms with van der Waals surface area (Å²) in [4.78, 5) is 1.47. The highest BCUT2D eigenvalue weighted by Crippen LogP contribution is 2.20. The van der Waals surface area contributed by atoms with E-state index in [0.29, 0.717) is 6.04 Å². The van der Waals surface area contributed by atoms with Gasteiger partial charge in [-0.05, 0) is 47.9 Å². The van der Waals surface area contributed by atoms with Crippen molar-refractivity contribution in [1.29, 1.82) is 0 Å². The van der Waals surface area contributed by atoms with Crippen LogP contribution in [0.2, 0.25) is 0 Å². The van der Waals surface area contributed by atoms with Crippen LogP contribution in [-0.2, 0) is 19.4 Å². The highest BCUT2D eigenvalue weighted by Gasteiger charge is 2.07. The summed E-state index contributed by atoms with van der Waals surface area (Å²) in [5.41, 5.74) is 4.29. The molecular weight excluding hydrogens is 262 g/mol. The van der Waals surface area contributed by atoms with Gasteiger partial charge in [0.25, 0.3) is 0 Å². The number of hydrogen-bond donors (Lipinski definition) is 1. The van der Waals surface area contributed by atoms with Gasteiger partial charge < -0.3 is 5.32 Å². The Morgan fingerprint density at radius 2 is 1.85 bits per heavy atom. The first-order chi connectivity index (χ1) is 9.74. The minimum absolute atomic E-state index is 0.400. The zero-order chi connectivity index (χ0) is 14.4. The van der Waals surface area contributed by atoms with Gasteiger partial charge in [-0.3, -0.25) is 0 Å². The quantitative estimate of drug-likeness (QED) is 0.746. The van der Waals surface area contributed by atoms with E-state index in [4.69, 9.17) is 0 Å². The predicted octanol–water partition coefficient (Wildman–Crippen LogP) is 5.11. The van der Waals surface area contributed by atoms with E-state index < -0.39 is 0 Å². The van der Waals surface area contributed by atoms with Gasteiger partial charge in [0.15, 0.2) is 0 Å². The molecule has 0 saturated carbocycles. The molecule has 2 aromatic rings. The third kappa shape index (κ3) is 3.94. The van der Waals surface area contributed by atoms with Crippen molar-refractivity contribution in [3.05, 3.63) is 57.3 Å². The van der Waals surface area contributed by atoms with E-state index >= 15 is 0 Å². The Hall–Kier alpha value is -1.12. The van der Waals surface area contributed by atoms with Crippen molar-refractivity contribution in [2.24, 2.45) is 0 Å². The van der Waals surface area contributed by atoms with Gasteiger partial charge in [0.05, 0.1) is 0 Å². The first-order valence-electron chi connectivity index (χ1n) is 7.62. The maximum absolute atomic E-state index is 3.64. The van der Waals surface area contributed by atoms with Crippen molar-refractivity contribution in [2.45, 2.75) is 52.6 Å². The van der Waals surface area contributed by atoms with Crippen LogP contribution in [-0.4, -0.2) is 0 Å². The van der Waals surface area contributed by atoms with Crippen LogP contribution in [0.5, 0.6) is 0 Å². The van der Waals surface area contributed by atoms with Gasteiger partial charge in [-0.1, -0.05) is 44.5 Å². The predicted molar refractivity (Wildman–Crippen MR) is 89.4 cm³/mol. The normalized spacial score (nSPS) is 12.6. The molecule has 1 aromatic heterocycles. The van der Waals surface area contributed by atoms with Gasteiger partial charge in [-0.25, -0.2) is 0 Å². The molecule has 2 heteroatoms. The van der Waals surface area contributed by atoms with Crippen LogP contribution in [0, 0.1) is 0 Å². The average molecular weight is 287 g/mol. The highest BCUT2D eigenvalue weighted by molar-refractivity contribution is 7.10. The molecule has 1 unspecified atom stereocenters. The lowest BCUT2D eigenvalue weighted by Gasteiger charge is -2.15. The number of hydrogen-bond acceptors (Lipinski definition) is 2. The van der Waals surface area contributed by atoms with Gasteiger partial charge in [-0.15, -0.1) is 11.3 Å². The fourth-order valence-electron chi connectivity index (χ4n) is 2.46. The minimum atomic E-state index is 0.400. The van der Waals surface area contributed by atoms with E-state index in [-0.39, 0.29) is 0 Å². The van der Waals surface area contributed by atoms with Crippen molar-refractivity contribution in [1.82, 2.24) is 5.32 Å². The van der Waals surface area contributed by atoms with Gasteiger partial charge in [0, 0.05) is 17.5 Å². The van der Waals surface area contributed by atoms with Crippen LogP contribution in [0.3, 0.4) is 0 Å². The standard InChI is InChI=1S/C18H25NS/c1-4-6-15-7-9-17(10-8-15)14(3)19-13-18-16(5-2)11-12-20-18/h7-12,14,19H,4-6,13H2,1-3H3. The summed E-state index contributed by atoms with van der Waals surface area (Å²) in [7, 11) is 0. The molecule has 1 aromatic carbocycles. The lowest BCUT2D eigenvalue weighted by atomic mass is 10.0. The van der Waals surface area contributed by atoms with E-state index in [1.54, 1.807) is 0 Å². The van der Waals surface area contributed by atoms with E-state index in [9.17, 15) is 0 Å². The van der Waals surface area contributed by atoms with Crippen molar-refractivity contribution in [3.63, 3.8) is 0 Å². The highest BCUT2D eigenvalue weighted by atomic mass is 32.1. The number of thiophene rings is 1. The number of nitrogens with one attached hydrogen (secondary N) is 1.